The van der Waals surface area contributed by atoms with Gasteiger partial charge in [0.15, 0.2) is 0 Å². The Morgan fingerprint density at radius 2 is 1.90 bits per heavy atom. The highest BCUT2D eigenvalue weighted by atomic mass is 32.2. The average molecular weight is 316 g/mol. The zero-order valence-corrected chi connectivity index (χ0v) is 13.6. The molecule has 0 aliphatic heterocycles. The van der Waals surface area contributed by atoms with E-state index >= 15 is 0 Å². The lowest BCUT2D eigenvalue weighted by molar-refractivity contribution is 0.142. The quantitative estimate of drug-likeness (QED) is 0.695. The highest BCUT2D eigenvalue weighted by Gasteiger charge is 2.25. The minimum atomic E-state index is -3.37. The molecule has 2 N–H and O–H groups in total. The van der Waals surface area contributed by atoms with Crippen molar-refractivity contribution in [3.63, 3.8) is 0 Å². The number of hydrogen-bond donors (Lipinski definition) is 1. The Morgan fingerprint density at radius 3 is 2.43 bits per heavy atom. The molecule has 0 heterocycles. The van der Waals surface area contributed by atoms with Crippen molar-refractivity contribution in [2.75, 3.05) is 38.4 Å². The Balaban J connectivity index is 2.56. The second-order valence-electron chi connectivity index (χ2n) is 4.74. The summed E-state index contributed by atoms with van der Waals surface area (Å²) in [5, 5.41) is 0. The molecule has 0 bridgehead atoms. The molecule has 0 saturated carbocycles. The highest BCUT2D eigenvalue weighted by molar-refractivity contribution is 7.89. The van der Waals surface area contributed by atoms with Crippen molar-refractivity contribution in [2.24, 2.45) is 0 Å². The summed E-state index contributed by atoms with van der Waals surface area (Å²) in [6.07, 6.45) is 0. The zero-order chi connectivity index (χ0) is 15.9. The van der Waals surface area contributed by atoms with E-state index < -0.39 is 10.0 Å². The number of rotatable bonds is 9. The van der Waals surface area contributed by atoms with E-state index in [0.717, 1.165) is 0 Å². The van der Waals surface area contributed by atoms with Crippen molar-refractivity contribution in [1.29, 1.82) is 0 Å². The van der Waals surface area contributed by atoms with Gasteiger partial charge in [0.25, 0.3) is 0 Å². The van der Waals surface area contributed by atoms with Crippen LogP contribution in [0.25, 0.3) is 0 Å². The van der Waals surface area contributed by atoms with Crippen LogP contribution in [0.1, 0.15) is 13.8 Å². The molecule has 7 heteroatoms. The number of hydrogen-bond acceptors (Lipinski definition) is 5. The van der Waals surface area contributed by atoms with E-state index in [2.05, 4.69) is 0 Å². The molecule has 1 aromatic carbocycles. The first-order chi connectivity index (χ1) is 9.90. The van der Waals surface area contributed by atoms with Gasteiger partial charge < -0.3 is 15.2 Å². The maximum absolute atomic E-state index is 12.3. The fourth-order valence-electron chi connectivity index (χ4n) is 2.05. The molecule has 0 spiro atoms. The number of methoxy groups -OCH3 is 1. The molecule has 0 radical (unpaired) electrons. The molecule has 1 rings (SSSR count). The van der Waals surface area contributed by atoms with Crippen molar-refractivity contribution >= 4 is 15.7 Å². The summed E-state index contributed by atoms with van der Waals surface area (Å²) in [5.74, 6) is 0.534. The van der Waals surface area contributed by atoms with E-state index in [1.165, 1.54) is 4.31 Å². The summed E-state index contributed by atoms with van der Waals surface area (Å²) >= 11 is 0. The van der Waals surface area contributed by atoms with Crippen molar-refractivity contribution in [2.45, 2.75) is 19.9 Å². The van der Waals surface area contributed by atoms with Crippen LogP contribution in [0.2, 0.25) is 0 Å². The van der Waals surface area contributed by atoms with Crippen molar-refractivity contribution in [3.05, 3.63) is 24.3 Å². The van der Waals surface area contributed by atoms with E-state index in [4.69, 9.17) is 15.2 Å². The Bertz CT molecular complexity index is 516. The van der Waals surface area contributed by atoms with Crippen molar-refractivity contribution in [3.8, 4) is 5.75 Å². The SMILES string of the molecule is CCN(C(C)COC)S(=O)(=O)CCOc1ccc(N)cc1. The predicted molar refractivity (Wildman–Crippen MR) is 83.9 cm³/mol. The van der Waals surface area contributed by atoms with Crippen LogP contribution >= 0.6 is 0 Å². The largest absolute Gasteiger partial charge is 0.492 e. The Labute approximate surface area is 126 Å². The smallest absolute Gasteiger partial charge is 0.217 e. The molecule has 1 atom stereocenters. The van der Waals surface area contributed by atoms with Gasteiger partial charge in [-0.25, -0.2) is 8.42 Å². The average Bonchev–Trinajstić information content (AvgIpc) is 2.41. The number of ether oxygens (including phenoxy) is 2. The van der Waals surface area contributed by atoms with Gasteiger partial charge in [-0.05, 0) is 31.2 Å². The van der Waals surface area contributed by atoms with Crippen LogP contribution in [0, 0.1) is 0 Å². The fraction of sp³-hybridized carbons (Fsp3) is 0.571. The van der Waals surface area contributed by atoms with Crippen molar-refractivity contribution < 1.29 is 17.9 Å². The summed E-state index contributed by atoms with van der Waals surface area (Å²) in [6.45, 7) is 4.51. The molecule has 1 aromatic rings. The number of nitrogens with two attached hydrogens (primary N) is 1. The first kappa shape index (κ1) is 17.7. The molecule has 6 nitrogen and oxygen atoms in total. The van der Waals surface area contributed by atoms with Gasteiger partial charge in [-0.2, -0.15) is 4.31 Å². The standard InChI is InChI=1S/C14H24N2O4S/c1-4-16(12(2)11-19-3)21(17,18)10-9-20-14-7-5-13(15)6-8-14/h5-8,12H,4,9-11,15H2,1-3H3. The van der Waals surface area contributed by atoms with Gasteiger partial charge in [0.2, 0.25) is 10.0 Å². The summed E-state index contributed by atoms with van der Waals surface area (Å²) in [6, 6.07) is 6.66. The van der Waals surface area contributed by atoms with Gasteiger partial charge in [0, 0.05) is 25.4 Å². The van der Waals surface area contributed by atoms with E-state index in [-0.39, 0.29) is 18.4 Å². The first-order valence-electron chi connectivity index (χ1n) is 6.87. The third kappa shape index (κ3) is 5.53. The molecule has 0 saturated heterocycles. The third-order valence-electron chi connectivity index (χ3n) is 3.06. The second-order valence-corrected chi connectivity index (χ2v) is 6.78. The molecule has 0 aliphatic rings. The molecule has 0 aliphatic carbocycles. The lowest BCUT2D eigenvalue weighted by Crippen LogP contribution is -2.42. The second kappa shape index (κ2) is 8.21. The fourth-order valence-corrected chi connectivity index (χ4v) is 3.58. The lowest BCUT2D eigenvalue weighted by atomic mass is 10.3. The van der Waals surface area contributed by atoms with Crippen LogP contribution in [0.3, 0.4) is 0 Å². The number of benzene rings is 1. The molecule has 120 valence electrons. The number of sulfonamides is 1. The van der Waals surface area contributed by atoms with Gasteiger partial charge in [0.05, 0.1) is 12.4 Å². The maximum atomic E-state index is 12.3. The number of likely N-dealkylation sites (N-methyl/N-ethyl adjacent to an activating group) is 1. The Hall–Kier alpha value is -1.31. The number of nitrogens with zero attached hydrogens (tertiary/aromatic N) is 1. The monoisotopic (exact) mass is 316 g/mol. The summed E-state index contributed by atoms with van der Waals surface area (Å²) in [5.41, 5.74) is 6.21. The topological polar surface area (TPSA) is 81.9 Å². The predicted octanol–water partition coefficient (Wildman–Crippen LogP) is 1.33. The van der Waals surface area contributed by atoms with Crippen molar-refractivity contribution in [1.82, 2.24) is 4.31 Å². The third-order valence-corrected chi connectivity index (χ3v) is 5.07. The van der Waals surface area contributed by atoms with Crippen LogP contribution in [-0.4, -0.2) is 51.4 Å². The molecule has 1 unspecified atom stereocenters. The minimum absolute atomic E-state index is 0.0702. The van der Waals surface area contributed by atoms with Gasteiger partial charge in [-0.1, -0.05) is 6.92 Å². The van der Waals surface area contributed by atoms with Crippen LogP contribution < -0.4 is 10.5 Å². The van der Waals surface area contributed by atoms with E-state index in [0.29, 0.717) is 24.6 Å². The molecular formula is C14H24N2O4S. The maximum Gasteiger partial charge on any atom is 0.217 e. The highest BCUT2D eigenvalue weighted by Crippen LogP contribution is 2.14. The van der Waals surface area contributed by atoms with E-state index in [9.17, 15) is 8.42 Å². The Morgan fingerprint density at radius 1 is 1.29 bits per heavy atom. The number of anilines is 1. The lowest BCUT2D eigenvalue weighted by Gasteiger charge is -2.26. The normalized spacial score (nSPS) is 13.3. The minimum Gasteiger partial charge on any atom is -0.492 e. The summed E-state index contributed by atoms with van der Waals surface area (Å²) in [7, 11) is -1.81. The van der Waals surface area contributed by atoms with Gasteiger partial charge >= 0.3 is 0 Å². The number of nitrogen functional groups attached to an aromatic ring is 1. The van der Waals surface area contributed by atoms with E-state index in [1.807, 2.05) is 13.8 Å². The van der Waals surface area contributed by atoms with Crippen LogP contribution in [0.5, 0.6) is 5.75 Å². The molecule has 0 aromatic heterocycles. The Kier molecular flexibility index (Phi) is 6.94. The zero-order valence-electron chi connectivity index (χ0n) is 12.8. The van der Waals surface area contributed by atoms with Gasteiger partial charge in [-0.3, -0.25) is 0 Å². The summed E-state index contributed by atoms with van der Waals surface area (Å²) in [4.78, 5) is 0. The van der Waals surface area contributed by atoms with Gasteiger partial charge in [-0.15, -0.1) is 0 Å². The van der Waals surface area contributed by atoms with Crippen LogP contribution in [0.4, 0.5) is 5.69 Å². The van der Waals surface area contributed by atoms with Crippen LogP contribution in [0.15, 0.2) is 24.3 Å². The summed E-state index contributed by atoms with van der Waals surface area (Å²) < 4.78 is 36.5. The molecule has 0 amide bonds. The van der Waals surface area contributed by atoms with E-state index in [1.54, 1.807) is 31.4 Å². The van der Waals surface area contributed by atoms with Crippen LogP contribution in [-0.2, 0) is 14.8 Å². The molecular weight excluding hydrogens is 292 g/mol. The molecule has 21 heavy (non-hydrogen) atoms. The van der Waals surface area contributed by atoms with Gasteiger partial charge in [0.1, 0.15) is 12.4 Å². The first-order valence-corrected chi connectivity index (χ1v) is 8.48. The molecule has 0 fully saturated rings.